The minimum absolute atomic E-state index is 0.221. The van der Waals surface area contributed by atoms with Crippen molar-refractivity contribution in [2.45, 2.75) is 6.92 Å². The summed E-state index contributed by atoms with van der Waals surface area (Å²) in [6.07, 6.45) is 1.65. The molecular formula is C15H10BrClN2O2. The van der Waals surface area contributed by atoms with E-state index in [0.29, 0.717) is 5.02 Å². The average molecular weight is 366 g/mol. The summed E-state index contributed by atoms with van der Waals surface area (Å²) in [7, 11) is 0. The minimum Gasteiger partial charge on any atom is -0.478 e. The molecule has 3 aromatic rings. The predicted octanol–water partition coefficient (Wildman–Crippen LogP) is 4.45. The number of aromatic nitrogens is 2. The smallest absolute Gasteiger partial charge is 0.335 e. The Morgan fingerprint density at radius 1 is 1.33 bits per heavy atom. The summed E-state index contributed by atoms with van der Waals surface area (Å²) in [5, 5.41) is 9.76. The molecule has 0 aliphatic carbocycles. The van der Waals surface area contributed by atoms with Gasteiger partial charge in [-0.3, -0.25) is 4.57 Å². The number of halogens is 2. The highest BCUT2D eigenvalue weighted by molar-refractivity contribution is 9.10. The molecule has 0 spiro atoms. The highest BCUT2D eigenvalue weighted by Gasteiger charge is 2.12. The maximum atomic E-state index is 11.1. The standard InChI is InChI=1S/C15H10BrClN2O2/c1-8-4-10(16)13(6-11(8)17)19-7-18-12-3-2-9(15(20)21)5-14(12)19/h2-7H,1H3,(H,20,21). The van der Waals surface area contributed by atoms with Gasteiger partial charge < -0.3 is 5.11 Å². The van der Waals surface area contributed by atoms with E-state index < -0.39 is 5.97 Å². The van der Waals surface area contributed by atoms with E-state index in [-0.39, 0.29) is 5.56 Å². The number of imidazole rings is 1. The van der Waals surface area contributed by atoms with E-state index in [1.165, 1.54) is 0 Å². The number of carboxylic acids is 1. The van der Waals surface area contributed by atoms with Crippen LogP contribution in [-0.2, 0) is 0 Å². The van der Waals surface area contributed by atoms with Gasteiger partial charge in [0, 0.05) is 9.50 Å². The summed E-state index contributed by atoms with van der Waals surface area (Å²) in [5.74, 6) is -0.967. The van der Waals surface area contributed by atoms with Gasteiger partial charge in [0.25, 0.3) is 0 Å². The quantitative estimate of drug-likeness (QED) is 0.730. The van der Waals surface area contributed by atoms with E-state index >= 15 is 0 Å². The van der Waals surface area contributed by atoms with Gasteiger partial charge in [-0.1, -0.05) is 11.6 Å². The molecule has 0 amide bonds. The van der Waals surface area contributed by atoms with Crippen molar-refractivity contribution in [2.75, 3.05) is 0 Å². The first kappa shape index (κ1) is 14.1. The minimum atomic E-state index is -0.967. The van der Waals surface area contributed by atoms with E-state index in [1.54, 1.807) is 24.5 Å². The number of carbonyl (C=O) groups is 1. The summed E-state index contributed by atoms with van der Waals surface area (Å²) >= 11 is 9.70. The summed E-state index contributed by atoms with van der Waals surface area (Å²) in [4.78, 5) is 15.4. The number of carboxylic acid groups (broad SMARTS) is 1. The second-order valence-electron chi connectivity index (χ2n) is 4.68. The predicted molar refractivity (Wildman–Crippen MR) is 85.5 cm³/mol. The molecule has 0 saturated carbocycles. The topological polar surface area (TPSA) is 55.1 Å². The van der Waals surface area contributed by atoms with Gasteiger partial charge in [0.1, 0.15) is 6.33 Å². The average Bonchev–Trinajstić information content (AvgIpc) is 2.85. The third-order valence-electron chi connectivity index (χ3n) is 3.28. The molecule has 0 unspecified atom stereocenters. The molecule has 0 aliphatic rings. The van der Waals surface area contributed by atoms with Gasteiger partial charge in [0.05, 0.1) is 22.3 Å². The molecule has 0 radical (unpaired) electrons. The molecule has 0 aliphatic heterocycles. The molecule has 4 nitrogen and oxygen atoms in total. The lowest BCUT2D eigenvalue weighted by Gasteiger charge is -2.10. The van der Waals surface area contributed by atoms with Crippen LogP contribution in [0.4, 0.5) is 0 Å². The fraction of sp³-hybridized carbons (Fsp3) is 0.0667. The molecule has 1 aromatic heterocycles. The SMILES string of the molecule is Cc1cc(Br)c(-n2cnc3ccc(C(=O)O)cc32)cc1Cl. The van der Waals surface area contributed by atoms with Crippen molar-refractivity contribution >= 4 is 44.5 Å². The monoisotopic (exact) mass is 364 g/mol. The fourth-order valence-corrected chi connectivity index (χ4v) is 2.96. The number of aromatic carboxylic acids is 1. The van der Waals surface area contributed by atoms with E-state index in [0.717, 1.165) is 26.8 Å². The van der Waals surface area contributed by atoms with Crippen molar-refractivity contribution in [3.63, 3.8) is 0 Å². The number of hydrogen-bond acceptors (Lipinski definition) is 2. The van der Waals surface area contributed by atoms with Gasteiger partial charge in [-0.05, 0) is 58.7 Å². The van der Waals surface area contributed by atoms with Gasteiger partial charge in [0.15, 0.2) is 0 Å². The molecule has 0 fully saturated rings. The molecular weight excluding hydrogens is 356 g/mol. The number of nitrogens with zero attached hydrogens (tertiary/aromatic N) is 2. The second-order valence-corrected chi connectivity index (χ2v) is 5.94. The van der Waals surface area contributed by atoms with Crippen molar-refractivity contribution < 1.29 is 9.90 Å². The van der Waals surface area contributed by atoms with Gasteiger partial charge in [-0.2, -0.15) is 0 Å². The van der Waals surface area contributed by atoms with Gasteiger partial charge in [0.2, 0.25) is 0 Å². The molecule has 0 bridgehead atoms. The Balaban J connectivity index is 2.27. The van der Waals surface area contributed by atoms with E-state index in [9.17, 15) is 4.79 Å². The number of benzene rings is 2. The molecule has 1 heterocycles. The molecule has 0 saturated heterocycles. The number of aryl methyl sites for hydroxylation is 1. The molecule has 2 aromatic carbocycles. The normalized spacial score (nSPS) is 11.0. The first-order chi connectivity index (χ1) is 9.97. The van der Waals surface area contributed by atoms with Crippen molar-refractivity contribution in [3.8, 4) is 5.69 Å². The van der Waals surface area contributed by atoms with E-state index in [4.69, 9.17) is 16.7 Å². The molecule has 3 rings (SSSR count). The van der Waals surface area contributed by atoms with Crippen LogP contribution in [0.15, 0.2) is 41.1 Å². The Morgan fingerprint density at radius 3 is 2.81 bits per heavy atom. The third-order valence-corrected chi connectivity index (χ3v) is 4.32. The van der Waals surface area contributed by atoms with Crippen LogP contribution in [0.3, 0.4) is 0 Å². The number of fused-ring (bicyclic) bond motifs is 1. The van der Waals surface area contributed by atoms with Crippen LogP contribution in [0.1, 0.15) is 15.9 Å². The fourth-order valence-electron chi connectivity index (χ4n) is 2.15. The Hall–Kier alpha value is -1.85. The van der Waals surface area contributed by atoms with Gasteiger partial charge in [-0.15, -0.1) is 0 Å². The van der Waals surface area contributed by atoms with Gasteiger partial charge >= 0.3 is 5.97 Å². The Labute approximate surface area is 134 Å². The zero-order valence-corrected chi connectivity index (χ0v) is 13.3. The van der Waals surface area contributed by atoms with Crippen molar-refractivity contribution in [1.29, 1.82) is 0 Å². The first-order valence-electron chi connectivity index (χ1n) is 6.14. The number of rotatable bonds is 2. The van der Waals surface area contributed by atoms with Crippen molar-refractivity contribution in [3.05, 3.63) is 57.3 Å². The van der Waals surface area contributed by atoms with Crippen LogP contribution >= 0.6 is 27.5 Å². The Kier molecular flexibility index (Phi) is 3.47. The summed E-state index contributed by atoms with van der Waals surface area (Å²) < 4.78 is 2.68. The summed E-state index contributed by atoms with van der Waals surface area (Å²) in [6.45, 7) is 1.92. The third kappa shape index (κ3) is 2.43. The van der Waals surface area contributed by atoms with Crippen molar-refractivity contribution in [1.82, 2.24) is 9.55 Å². The highest BCUT2D eigenvalue weighted by Crippen LogP contribution is 2.30. The highest BCUT2D eigenvalue weighted by atomic mass is 79.9. The summed E-state index contributed by atoms with van der Waals surface area (Å²) in [6, 6.07) is 8.59. The van der Waals surface area contributed by atoms with E-state index in [1.807, 2.05) is 23.6 Å². The maximum absolute atomic E-state index is 11.1. The lowest BCUT2D eigenvalue weighted by Crippen LogP contribution is -1.98. The second kappa shape index (κ2) is 5.16. The number of hydrogen-bond donors (Lipinski definition) is 1. The lowest BCUT2D eigenvalue weighted by molar-refractivity contribution is 0.0697. The van der Waals surface area contributed by atoms with Gasteiger partial charge in [-0.25, -0.2) is 9.78 Å². The van der Waals surface area contributed by atoms with Crippen LogP contribution in [0.25, 0.3) is 16.7 Å². The molecule has 21 heavy (non-hydrogen) atoms. The maximum Gasteiger partial charge on any atom is 0.335 e. The van der Waals surface area contributed by atoms with Crippen molar-refractivity contribution in [2.24, 2.45) is 0 Å². The van der Waals surface area contributed by atoms with Crippen LogP contribution in [0, 0.1) is 6.92 Å². The Morgan fingerprint density at radius 2 is 2.10 bits per heavy atom. The molecule has 6 heteroatoms. The van der Waals surface area contributed by atoms with Crippen LogP contribution in [0.2, 0.25) is 5.02 Å². The lowest BCUT2D eigenvalue weighted by atomic mass is 10.2. The first-order valence-corrected chi connectivity index (χ1v) is 7.31. The van der Waals surface area contributed by atoms with E-state index in [2.05, 4.69) is 20.9 Å². The molecule has 0 atom stereocenters. The summed E-state index contributed by atoms with van der Waals surface area (Å²) in [5.41, 5.74) is 3.44. The largest absolute Gasteiger partial charge is 0.478 e. The Bertz CT molecular complexity index is 873. The van der Waals surface area contributed by atoms with Crippen LogP contribution in [0.5, 0.6) is 0 Å². The molecule has 1 N–H and O–H groups in total. The zero-order chi connectivity index (χ0) is 15.1. The molecule has 106 valence electrons. The van der Waals surface area contributed by atoms with Crippen LogP contribution < -0.4 is 0 Å². The van der Waals surface area contributed by atoms with Crippen LogP contribution in [-0.4, -0.2) is 20.6 Å². The zero-order valence-electron chi connectivity index (χ0n) is 11.0.